The number of nitrogen functional groups attached to an aromatic ring is 1. The number of benzene rings is 2. The molecule has 2 aromatic rings. The summed E-state index contributed by atoms with van der Waals surface area (Å²) in [5.74, 6) is 3.47. The highest BCUT2D eigenvalue weighted by Crippen LogP contribution is 2.25. The SMILES string of the molecule is Cc1cc(Br)c(F)cc1NC(=O)c1cccc(F)c1NN. The molecule has 0 saturated heterocycles. The molecule has 21 heavy (non-hydrogen) atoms. The number of hydrogen-bond donors (Lipinski definition) is 3. The number of aryl methyl sites for hydroxylation is 1. The summed E-state index contributed by atoms with van der Waals surface area (Å²) in [5, 5.41) is 2.53. The standard InChI is InChI=1S/C14H12BrF2N3O/c1-7-5-9(15)11(17)6-12(7)19-14(21)8-3-2-4-10(16)13(8)20-18/h2-6,20H,18H2,1H3,(H,19,21). The van der Waals surface area contributed by atoms with Gasteiger partial charge in [0.2, 0.25) is 0 Å². The lowest BCUT2D eigenvalue weighted by Gasteiger charge is -2.12. The number of anilines is 2. The second-order valence-electron chi connectivity index (χ2n) is 4.34. The minimum atomic E-state index is -0.649. The average molecular weight is 356 g/mol. The van der Waals surface area contributed by atoms with Gasteiger partial charge in [0.05, 0.1) is 15.7 Å². The third-order valence-corrected chi connectivity index (χ3v) is 3.53. The normalized spacial score (nSPS) is 10.3. The lowest BCUT2D eigenvalue weighted by Crippen LogP contribution is -2.19. The number of rotatable bonds is 3. The van der Waals surface area contributed by atoms with Crippen LogP contribution in [0, 0.1) is 18.6 Å². The van der Waals surface area contributed by atoms with Crippen molar-refractivity contribution in [1.82, 2.24) is 0 Å². The zero-order chi connectivity index (χ0) is 15.6. The third-order valence-electron chi connectivity index (χ3n) is 2.92. The zero-order valence-electron chi connectivity index (χ0n) is 11.0. The Morgan fingerprint density at radius 3 is 2.62 bits per heavy atom. The molecule has 0 aromatic heterocycles. The van der Waals surface area contributed by atoms with Gasteiger partial charge in [0.25, 0.3) is 5.91 Å². The highest BCUT2D eigenvalue weighted by atomic mass is 79.9. The average Bonchev–Trinajstić information content (AvgIpc) is 2.44. The maximum atomic E-state index is 13.6. The maximum absolute atomic E-state index is 13.6. The van der Waals surface area contributed by atoms with Crippen molar-refractivity contribution in [3.8, 4) is 0 Å². The van der Waals surface area contributed by atoms with Gasteiger partial charge in [-0.1, -0.05) is 6.07 Å². The molecule has 0 aliphatic carbocycles. The topological polar surface area (TPSA) is 67.2 Å². The summed E-state index contributed by atoms with van der Waals surface area (Å²) in [6.07, 6.45) is 0. The molecular formula is C14H12BrF2N3O. The monoisotopic (exact) mass is 355 g/mol. The molecule has 110 valence electrons. The van der Waals surface area contributed by atoms with Crippen LogP contribution < -0.4 is 16.6 Å². The van der Waals surface area contributed by atoms with Gasteiger partial charge >= 0.3 is 0 Å². The number of hydrazine groups is 1. The van der Waals surface area contributed by atoms with E-state index in [-0.39, 0.29) is 11.3 Å². The number of nitrogens with one attached hydrogen (secondary N) is 2. The Balaban J connectivity index is 2.35. The van der Waals surface area contributed by atoms with E-state index in [0.29, 0.717) is 15.7 Å². The number of carbonyl (C=O) groups is 1. The van der Waals surface area contributed by atoms with Gasteiger partial charge in [-0.3, -0.25) is 10.6 Å². The molecule has 0 radical (unpaired) electrons. The summed E-state index contributed by atoms with van der Waals surface area (Å²) in [5.41, 5.74) is 3.02. The molecule has 0 unspecified atom stereocenters. The molecule has 0 bridgehead atoms. The number of halogens is 3. The first-order valence-electron chi connectivity index (χ1n) is 5.96. The molecule has 4 N–H and O–H groups in total. The van der Waals surface area contributed by atoms with Crippen molar-refractivity contribution >= 4 is 33.2 Å². The molecule has 0 fully saturated rings. The molecule has 4 nitrogen and oxygen atoms in total. The Bertz CT molecular complexity index is 707. The minimum absolute atomic E-state index is 0.0280. The smallest absolute Gasteiger partial charge is 0.257 e. The first-order chi connectivity index (χ1) is 9.93. The molecule has 0 aliphatic rings. The third kappa shape index (κ3) is 3.20. The minimum Gasteiger partial charge on any atom is -0.322 e. The van der Waals surface area contributed by atoms with Crippen LogP contribution in [0.4, 0.5) is 20.2 Å². The Kier molecular flexibility index (Phi) is 4.54. The summed E-state index contributed by atoms with van der Waals surface area (Å²) < 4.78 is 27.4. The summed E-state index contributed by atoms with van der Waals surface area (Å²) in [6, 6.07) is 6.71. The molecule has 0 spiro atoms. The first-order valence-corrected chi connectivity index (χ1v) is 6.75. The van der Waals surface area contributed by atoms with Gasteiger partial charge in [-0.25, -0.2) is 8.78 Å². The van der Waals surface area contributed by atoms with Gasteiger partial charge in [0.15, 0.2) is 0 Å². The van der Waals surface area contributed by atoms with Crippen LogP contribution in [-0.2, 0) is 0 Å². The van der Waals surface area contributed by atoms with E-state index in [1.54, 1.807) is 13.0 Å². The predicted molar refractivity (Wildman–Crippen MR) is 81.0 cm³/mol. The van der Waals surface area contributed by atoms with Gasteiger partial charge in [0.1, 0.15) is 11.6 Å². The van der Waals surface area contributed by atoms with Crippen LogP contribution in [0.25, 0.3) is 0 Å². The summed E-state index contributed by atoms with van der Waals surface area (Å²) >= 11 is 3.06. The Labute approximate surface area is 128 Å². The van der Waals surface area contributed by atoms with Crippen molar-refractivity contribution in [2.75, 3.05) is 10.7 Å². The Morgan fingerprint density at radius 2 is 1.95 bits per heavy atom. The van der Waals surface area contributed by atoms with Crippen LogP contribution in [-0.4, -0.2) is 5.91 Å². The molecule has 0 saturated carbocycles. The molecular weight excluding hydrogens is 344 g/mol. The molecule has 0 heterocycles. The highest BCUT2D eigenvalue weighted by Gasteiger charge is 2.16. The van der Waals surface area contributed by atoms with Crippen molar-refractivity contribution in [3.63, 3.8) is 0 Å². The Morgan fingerprint density at radius 1 is 1.24 bits per heavy atom. The number of hydrogen-bond acceptors (Lipinski definition) is 3. The fourth-order valence-electron chi connectivity index (χ4n) is 1.83. The van der Waals surface area contributed by atoms with E-state index in [0.717, 1.165) is 0 Å². The number of carbonyl (C=O) groups excluding carboxylic acids is 1. The van der Waals surface area contributed by atoms with E-state index in [9.17, 15) is 13.6 Å². The van der Waals surface area contributed by atoms with Crippen molar-refractivity contribution < 1.29 is 13.6 Å². The summed E-state index contributed by atoms with van der Waals surface area (Å²) in [7, 11) is 0. The second kappa shape index (κ2) is 6.19. The quantitative estimate of drug-likeness (QED) is 0.582. The van der Waals surface area contributed by atoms with E-state index < -0.39 is 17.5 Å². The van der Waals surface area contributed by atoms with Crippen LogP contribution in [0.5, 0.6) is 0 Å². The largest absolute Gasteiger partial charge is 0.322 e. The van der Waals surface area contributed by atoms with Crippen molar-refractivity contribution in [3.05, 3.63) is 57.6 Å². The Hall–Kier alpha value is -1.99. The summed E-state index contributed by atoms with van der Waals surface area (Å²) in [6.45, 7) is 1.72. The maximum Gasteiger partial charge on any atom is 0.257 e. The van der Waals surface area contributed by atoms with Gasteiger partial charge in [-0.2, -0.15) is 0 Å². The van der Waals surface area contributed by atoms with Crippen LogP contribution >= 0.6 is 15.9 Å². The van der Waals surface area contributed by atoms with Crippen LogP contribution in [0.15, 0.2) is 34.8 Å². The zero-order valence-corrected chi connectivity index (χ0v) is 12.6. The van der Waals surface area contributed by atoms with Gasteiger partial charge in [-0.05, 0) is 52.7 Å². The lowest BCUT2D eigenvalue weighted by atomic mass is 10.1. The fourth-order valence-corrected chi connectivity index (χ4v) is 2.29. The van der Waals surface area contributed by atoms with Crippen molar-refractivity contribution in [1.29, 1.82) is 0 Å². The van der Waals surface area contributed by atoms with E-state index >= 15 is 0 Å². The van der Waals surface area contributed by atoms with E-state index in [1.807, 2.05) is 0 Å². The van der Waals surface area contributed by atoms with Crippen LogP contribution in [0.2, 0.25) is 0 Å². The van der Waals surface area contributed by atoms with Crippen molar-refractivity contribution in [2.45, 2.75) is 6.92 Å². The molecule has 2 aromatic carbocycles. The second-order valence-corrected chi connectivity index (χ2v) is 5.20. The first kappa shape index (κ1) is 15.4. The van der Waals surface area contributed by atoms with Gasteiger partial charge in [-0.15, -0.1) is 0 Å². The molecule has 0 atom stereocenters. The number of nitrogens with two attached hydrogens (primary N) is 1. The molecule has 2 rings (SSSR count). The lowest BCUT2D eigenvalue weighted by molar-refractivity contribution is 0.102. The fraction of sp³-hybridized carbons (Fsp3) is 0.0714. The highest BCUT2D eigenvalue weighted by molar-refractivity contribution is 9.10. The van der Waals surface area contributed by atoms with Crippen LogP contribution in [0.1, 0.15) is 15.9 Å². The van der Waals surface area contributed by atoms with Gasteiger partial charge in [0, 0.05) is 5.69 Å². The summed E-state index contributed by atoms with van der Waals surface area (Å²) in [4.78, 5) is 12.2. The van der Waals surface area contributed by atoms with E-state index in [1.165, 1.54) is 24.3 Å². The van der Waals surface area contributed by atoms with E-state index in [2.05, 4.69) is 26.7 Å². The van der Waals surface area contributed by atoms with E-state index in [4.69, 9.17) is 5.84 Å². The molecule has 1 amide bonds. The molecule has 0 aliphatic heterocycles. The predicted octanol–water partition coefficient (Wildman–Crippen LogP) is 3.57. The van der Waals surface area contributed by atoms with Crippen molar-refractivity contribution in [2.24, 2.45) is 5.84 Å². The van der Waals surface area contributed by atoms with Crippen LogP contribution in [0.3, 0.4) is 0 Å². The number of amides is 1. The van der Waals surface area contributed by atoms with Gasteiger partial charge < -0.3 is 10.7 Å². The number of para-hydroxylation sites is 1. The molecule has 7 heteroatoms.